The largest absolute Gasteiger partial charge is 0.477 e. The van der Waals surface area contributed by atoms with Crippen molar-refractivity contribution in [2.24, 2.45) is 5.92 Å². The van der Waals surface area contributed by atoms with Crippen LogP contribution in [0.4, 0.5) is 0 Å². The Morgan fingerprint density at radius 1 is 0.500 bits per heavy atom. The molecule has 0 fully saturated rings. The predicted molar refractivity (Wildman–Crippen MR) is 308 cm³/mol. The van der Waals surface area contributed by atoms with Crippen LogP contribution in [-0.2, 0) is 6.42 Å². The Balaban J connectivity index is 0.000000519. The minimum atomic E-state index is -1.18. The summed E-state index contributed by atoms with van der Waals surface area (Å²) in [6, 6.07) is 7.87. The fourth-order valence-corrected chi connectivity index (χ4v) is 6.49. The molecule has 0 spiro atoms. The second-order valence-corrected chi connectivity index (χ2v) is 18.5. The van der Waals surface area contributed by atoms with Gasteiger partial charge in [0.15, 0.2) is 34.9 Å². The van der Waals surface area contributed by atoms with Gasteiger partial charge < -0.3 is 74.1 Å². The molecule has 94 heavy (non-hydrogen) atoms. The van der Waals surface area contributed by atoms with E-state index in [1.165, 1.54) is 77.1 Å². The van der Waals surface area contributed by atoms with Crippen molar-refractivity contribution in [2.45, 2.75) is 26.7 Å². The van der Waals surface area contributed by atoms with Crippen LogP contribution < -0.4 is 0 Å². The van der Waals surface area contributed by atoms with Crippen LogP contribution in [0.5, 0.6) is 0 Å². The van der Waals surface area contributed by atoms with Crippen molar-refractivity contribution >= 4 is 123 Å². The van der Waals surface area contributed by atoms with E-state index in [0.717, 1.165) is 89.9 Å². The molecule has 0 saturated carbocycles. The lowest BCUT2D eigenvalue weighted by Crippen LogP contribution is -2.03. The number of carboxylic acid groups (broad SMARTS) is 11. The van der Waals surface area contributed by atoms with Crippen LogP contribution in [0.3, 0.4) is 0 Å². The molecule has 0 aromatic carbocycles. The van der Waals surface area contributed by atoms with E-state index >= 15 is 0 Å². The quantitative estimate of drug-likeness (QED) is 0.0593. The van der Waals surface area contributed by atoms with Crippen molar-refractivity contribution in [2.75, 3.05) is 0 Å². The summed E-state index contributed by atoms with van der Waals surface area (Å²) < 4.78 is 35.1. The Morgan fingerprint density at radius 3 is 1.47 bits per heavy atom. The maximum atomic E-state index is 10.6. The van der Waals surface area contributed by atoms with Gasteiger partial charge in [0, 0.05) is 34.1 Å². The van der Waals surface area contributed by atoms with Crippen LogP contribution in [-0.4, -0.2) is 195 Å². The maximum Gasteiger partial charge on any atom is 0.392 e. The third kappa shape index (κ3) is 35.9. The third-order valence-corrected chi connectivity index (χ3v) is 11.0. The summed E-state index contributed by atoms with van der Waals surface area (Å²) in [6.45, 7) is 4.28. The lowest BCUT2D eigenvalue weighted by Gasteiger charge is -2.04. The Morgan fingerprint density at radius 2 is 1.17 bits per heavy atom. The van der Waals surface area contributed by atoms with E-state index in [9.17, 15) is 52.7 Å². The smallest absolute Gasteiger partial charge is 0.392 e. The molecular weight excluding hydrogens is 1370 g/mol. The standard InChI is InChI=1S/C11H15NO2.3C4H3NO3.3C4H3NO2S.2C3H2N2O3.2C3H2N2O2S/c1-8(2)6-7-9-4-3-5-10(12-9)11(13)14;6-4(7)3-1-8-2-5-3;6-4(7)3-5-1-2-8-3;6-4(7)3-1-2-8-5-3;6-4(7)3-1-8-2-5-3;6-4(7)3-5-1-2-8-3;6-4(7)3-1-2-8-5-3;6-3(7)2-4-1-8-5-2;6-3(7)2-1-4-8-5-2;6-3(7)2-4-1-8-5-2;6-3(7)2-1-4-8-5-2/h3-5,8H,6-7H2,1-2H3,(H,13,14);6*1-2H,(H,6,7);4*1H,(H,6,7). The van der Waals surface area contributed by atoms with E-state index in [1.807, 2.05) is 6.07 Å². The number of thiazole rings is 2. The molecule has 11 aromatic heterocycles. The maximum absolute atomic E-state index is 10.6. The number of aromatic carboxylic acids is 11. The van der Waals surface area contributed by atoms with E-state index in [1.54, 1.807) is 16.8 Å². The lowest BCUT2D eigenvalue weighted by atomic mass is 10.1. The number of carbonyl (C=O) groups is 11. The lowest BCUT2D eigenvalue weighted by molar-refractivity contribution is 0.0646. The second-order valence-electron chi connectivity index (χ2n) is 15.1. The van der Waals surface area contributed by atoms with Gasteiger partial charge in [-0.15, -0.1) is 22.7 Å². The number of oxazole rings is 2. The second kappa shape index (κ2) is 45.5. The molecule has 0 bridgehead atoms. The molecule has 0 unspecified atom stereocenters. The average molecular weight is 1410 g/mol. The van der Waals surface area contributed by atoms with Gasteiger partial charge in [-0.05, 0) is 65.2 Å². The number of rotatable bonds is 14. The summed E-state index contributed by atoms with van der Waals surface area (Å²) in [7, 11) is 0. The Hall–Kier alpha value is -12.8. The van der Waals surface area contributed by atoms with Gasteiger partial charge in [0.1, 0.15) is 36.2 Å². The zero-order chi connectivity index (χ0) is 70.4. The molecule has 0 saturated heterocycles. The topological polar surface area (TPSA) is 669 Å². The first-order valence-electron chi connectivity index (χ1n) is 23.6. The van der Waals surface area contributed by atoms with Crippen molar-refractivity contribution in [1.29, 1.82) is 0 Å². The highest BCUT2D eigenvalue weighted by Crippen LogP contribution is 2.08. The van der Waals surface area contributed by atoms with Gasteiger partial charge in [0.25, 0.3) is 11.6 Å². The molecule has 47 heteroatoms. The molecule has 11 heterocycles. The minimum absolute atomic E-state index is 0.00926. The first-order valence-corrected chi connectivity index (χ1v) is 27.8. The molecule has 0 aliphatic heterocycles. The van der Waals surface area contributed by atoms with Gasteiger partial charge in [-0.3, -0.25) is 0 Å². The fourth-order valence-electron chi connectivity index (χ4n) is 4.16. The van der Waals surface area contributed by atoms with Crippen LogP contribution in [0.25, 0.3) is 0 Å². The summed E-state index contributed by atoms with van der Waals surface area (Å²) in [4.78, 5) is 135. The van der Waals surface area contributed by atoms with Crippen molar-refractivity contribution in [3.63, 3.8) is 0 Å². The molecule has 0 atom stereocenters. The summed E-state index contributed by atoms with van der Waals surface area (Å²) in [6.07, 6.45) is 12.4. The SMILES string of the molecule is CC(C)CCc1cccc(C(=O)O)n1.O=C(O)c1ccon1.O=C(O)c1ccsn1.O=C(O)c1cnon1.O=C(O)c1cnsn1.O=C(O)c1cocn1.O=C(O)c1cscn1.O=C(O)c1ncco1.O=C(O)c1nccs1.O=C(O)c1ncon1.O=C(O)c1ncsn1. The number of pyridine rings is 1. The summed E-state index contributed by atoms with van der Waals surface area (Å²) in [5.41, 5.74) is 3.80. The summed E-state index contributed by atoms with van der Waals surface area (Å²) >= 11 is 5.45. The highest BCUT2D eigenvalue weighted by atomic mass is 32.1. The van der Waals surface area contributed by atoms with Crippen molar-refractivity contribution in [3.8, 4) is 0 Å². The van der Waals surface area contributed by atoms with Crippen LogP contribution >= 0.6 is 57.5 Å². The molecular formula is C47H41N15O27S5. The highest BCUT2D eigenvalue weighted by molar-refractivity contribution is 7.11. The number of aryl methyl sites for hydroxylation is 1. The zero-order valence-electron chi connectivity index (χ0n) is 46.7. The van der Waals surface area contributed by atoms with Crippen LogP contribution in [0, 0.1) is 5.92 Å². The Kier molecular flexibility index (Phi) is 38.4. The van der Waals surface area contributed by atoms with E-state index in [2.05, 4.69) is 109 Å². The van der Waals surface area contributed by atoms with Gasteiger partial charge >= 0.3 is 71.6 Å². The van der Waals surface area contributed by atoms with Crippen LogP contribution in [0.15, 0.2) is 136 Å². The number of nitrogens with zero attached hydrogens (tertiary/aromatic N) is 15. The first-order chi connectivity index (χ1) is 44.6. The predicted octanol–water partition coefficient (Wildman–Crippen LogP) is 6.02. The summed E-state index contributed by atoms with van der Waals surface area (Å²) in [5, 5.41) is 108. The van der Waals surface area contributed by atoms with Crippen molar-refractivity contribution < 1.29 is 131 Å². The molecule has 11 aromatic rings. The summed E-state index contributed by atoms with van der Waals surface area (Å²) in [5.74, 6) is -11.7. The highest BCUT2D eigenvalue weighted by Gasteiger charge is 2.10. The minimum Gasteiger partial charge on any atom is -0.477 e. The molecule has 496 valence electrons. The van der Waals surface area contributed by atoms with E-state index in [-0.39, 0.29) is 62.4 Å². The Labute approximate surface area is 539 Å². The van der Waals surface area contributed by atoms with Gasteiger partial charge in [-0.2, -0.15) is 22.5 Å². The molecule has 0 amide bonds. The molecule has 0 aliphatic rings. The zero-order valence-corrected chi connectivity index (χ0v) is 50.7. The van der Waals surface area contributed by atoms with Crippen LogP contribution in [0.2, 0.25) is 0 Å². The van der Waals surface area contributed by atoms with Gasteiger partial charge in [0.05, 0.1) is 29.6 Å². The third-order valence-electron chi connectivity index (χ3n) is 8.12. The Bertz CT molecular complexity index is 3160. The van der Waals surface area contributed by atoms with E-state index in [4.69, 9.17) is 56.2 Å². The average Bonchev–Trinajstić information content (AvgIpc) is 2.35. The first kappa shape index (κ1) is 79.3. The molecule has 0 radical (unpaired) electrons. The molecule has 11 rings (SSSR count). The monoisotopic (exact) mass is 1410 g/mol. The molecule has 0 aliphatic carbocycles. The van der Waals surface area contributed by atoms with Crippen molar-refractivity contribution in [3.05, 3.63) is 182 Å². The van der Waals surface area contributed by atoms with E-state index < -0.39 is 65.7 Å². The fraction of sp³-hybridized carbons (Fsp3) is 0.106. The van der Waals surface area contributed by atoms with Gasteiger partial charge in [-0.25, -0.2) is 87.3 Å². The normalized spacial score (nSPS) is 9.22. The number of hydrogen-bond donors (Lipinski definition) is 11. The molecule has 42 nitrogen and oxygen atoms in total. The number of aromatic nitrogens is 15. The van der Waals surface area contributed by atoms with Crippen molar-refractivity contribution in [1.82, 2.24) is 73.0 Å². The van der Waals surface area contributed by atoms with Gasteiger partial charge in [0.2, 0.25) is 17.1 Å². The number of carboxylic acids is 11. The van der Waals surface area contributed by atoms with Gasteiger partial charge in [-0.1, -0.05) is 35.4 Å². The van der Waals surface area contributed by atoms with E-state index in [0.29, 0.717) is 5.92 Å². The number of hydrogen-bond acceptors (Lipinski definition) is 36. The van der Waals surface area contributed by atoms with Crippen LogP contribution in [0.1, 0.15) is 141 Å². The molecule has 11 N–H and O–H groups in total.